The summed E-state index contributed by atoms with van der Waals surface area (Å²) in [4.78, 5) is 24.6. The van der Waals surface area contributed by atoms with Gasteiger partial charge in [0, 0.05) is 23.7 Å². The van der Waals surface area contributed by atoms with Gasteiger partial charge in [0.15, 0.2) is 0 Å². The number of benzene rings is 1. The molecule has 1 heterocycles. The van der Waals surface area contributed by atoms with E-state index in [1.54, 1.807) is 6.92 Å². The van der Waals surface area contributed by atoms with E-state index in [1.807, 2.05) is 0 Å². The van der Waals surface area contributed by atoms with Crippen molar-refractivity contribution >= 4 is 29.4 Å². The molecule has 1 aromatic carbocycles. The molecule has 2 N–H and O–H groups in total. The number of nitrogens with zero attached hydrogens (tertiary/aromatic N) is 1. The monoisotopic (exact) mass is 298 g/mol. The van der Waals surface area contributed by atoms with E-state index in [9.17, 15) is 14.0 Å². The number of carbonyl (C=O) groups excluding carboxylic acids is 1. The molecule has 1 saturated heterocycles. The lowest BCUT2D eigenvalue weighted by atomic mass is 10.2. The number of carbonyl (C=O) groups is 2. The van der Waals surface area contributed by atoms with Crippen LogP contribution in [0.5, 0.6) is 0 Å². The standard InChI is InChI=1S/C13H15FN2O3S/c1-8-6-9(2-3-10(8)14)15-13(19)16-4-5-20-7-11(16)12(17)18/h2-3,6,11H,4-5,7H2,1H3,(H,15,19)(H,17,18). The van der Waals surface area contributed by atoms with Gasteiger partial charge in [0.05, 0.1) is 0 Å². The molecule has 108 valence electrons. The molecule has 1 unspecified atom stereocenters. The van der Waals surface area contributed by atoms with Gasteiger partial charge in [0.25, 0.3) is 0 Å². The van der Waals surface area contributed by atoms with E-state index in [0.29, 0.717) is 29.3 Å². The quantitative estimate of drug-likeness (QED) is 0.878. The lowest BCUT2D eigenvalue weighted by Gasteiger charge is -2.32. The van der Waals surface area contributed by atoms with E-state index in [2.05, 4.69) is 5.32 Å². The fourth-order valence-corrected chi connectivity index (χ4v) is 3.01. The molecule has 0 bridgehead atoms. The van der Waals surface area contributed by atoms with Gasteiger partial charge in [-0.1, -0.05) is 0 Å². The highest BCUT2D eigenvalue weighted by molar-refractivity contribution is 7.99. The Balaban J connectivity index is 2.09. The van der Waals surface area contributed by atoms with Crippen LogP contribution in [0.4, 0.5) is 14.9 Å². The van der Waals surface area contributed by atoms with Gasteiger partial charge in [-0.25, -0.2) is 14.0 Å². The van der Waals surface area contributed by atoms with Crippen molar-refractivity contribution in [3.8, 4) is 0 Å². The first-order valence-corrected chi connectivity index (χ1v) is 7.29. The number of aryl methyl sites for hydroxylation is 1. The number of aliphatic carboxylic acids is 1. The van der Waals surface area contributed by atoms with Crippen molar-refractivity contribution in [3.63, 3.8) is 0 Å². The van der Waals surface area contributed by atoms with Gasteiger partial charge in [0.2, 0.25) is 0 Å². The molecular weight excluding hydrogens is 283 g/mol. The third-order valence-corrected chi connectivity index (χ3v) is 4.11. The highest BCUT2D eigenvalue weighted by atomic mass is 32.2. The zero-order valence-electron chi connectivity index (χ0n) is 10.9. The van der Waals surface area contributed by atoms with E-state index in [4.69, 9.17) is 5.11 Å². The van der Waals surface area contributed by atoms with Gasteiger partial charge >= 0.3 is 12.0 Å². The summed E-state index contributed by atoms with van der Waals surface area (Å²) in [6, 6.07) is 2.95. The van der Waals surface area contributed by atoms with Crippen LogP contribution in [0.1, 0.15) is 5.56 Å². The van der Waals surface area contributed by atoms with Crippen molar-refractivity contribution in [2.24, 2.45) is 0 Å². The fraction of sp³-hybridized carbons (Fsp3) is 0.385. The van der Waals surface area contributed by atoms with Crippen molar-refractivity contribution in [3.05, 3.63) is 29.6 Å². The Kier molecular flexibility index (Phi) is 4.49. The van der Waals surface area contributed by atoms with Crippen LogP contribution in [0.3, 0.4) is 0 Å². The molecule has 1 aliphatic heterocycles. The second-order valence-corrected chi connectivity index (χ2v) is 5.67. The minimum atomic E-state index is -1.01. The number of urea groups is 1. The molecule has 0 aliphatic carbocycles. The summed E-state index contributed by atoms with van der Waals surface area (Å²) in [5, 5.41) is 11.7. The molecule has 0 aromatic heterocycles. The lowest BCUT2D eigenvalue weighted by Crippen LogP contribution is -2.51. The van der Waals surface area contributed by atoms with Crippen LogP contribution in [0.15, 0.2) is 18.2 Å². The second kappa shape index (κ2) is 6.13. The van der Waals surface area contributed by atoms with Crippen molar-refractivity contribution in [2.75, 3.05) is 23.4 Å². The molecule has 1 aromatic rings. The summed E-state index contributed by atoms with van der Waals surface area (Å²) in [6.07, 6.45) is 0. The molecule has 2 rings (SSSR count). The third kappa shape index (κ3) is 3.22. The lowest BCUT2D eigenvalue weighted by molar-refractivity contribution is -0.141. The summed E-state index contributed by atoms with van der Waals surface area (Å²) >= 11 is 1.51. The first kappa shape index (κ1) is 14.6. The molecule has 20 heavy (non-hydrogen) atoms. The number of thioether (sulfide) groups is 1. The minimum Gasteiger partial charge on any atom is -0.480 e. The summed E-state index contributed by atoms with van der Waals surface area (Å²) in [5.74, 6) is -0.270. The molecular formula is C13H15FN2O3S. The van der Waals surface area contributed by atoms with Gasteiger partial charge in [-0.15, -0.1) is 0 Å². The van der Waals surface area contributed by atoms with Crippen LogP contribution in [-0.4, -0.2) is 46.1 Å². The second-order valence-electron chi connectivity index (χ2n) is 4.52. The number of carboxylic acids is 1. The molecule has 1 fully saturated rings. The Morgan fingerprint density at radius 3 is 2.90 bits per heavy atom. The Hall–Kier alpha value is -1.76. The maximum Gasteiger partial charge on any atom is 0.327 e. The highest BCUT2D eigenvalue weighted by Gasteiger charge is 2.32. The van der Waals surface area contributed by atoms with Gasteiger partial charge in [0.1, 0.15) is 11.9 Å². The predicted octanol–water partition coefficient (Wildman–Crippen LogP) is 2.17. The average molecular weight is 298 g/mol. The molecule has 0 radical (unpaired) electrons. The highest BCUT2D eigenvalue weighted by Crippen LogP contribution is 2.19. The minimum absolute atomic E-state index is 0.346. The molecule has 1 aliphatic rings. The Morgan fingerprint density at radius 1 is 1.50 bits per heavy atom. The van der Waals surface area contributed by atoms with Crippen LogP contribution >= 0.6 is 11.8 Å². The molecule has 7 heteroatoms. The van der Waals surface area contributed by atoms with E-state index in [-0.39, 0.29) is 5.82 Å². The van der Waals surface area contributed by atoms with Crippen molar-refractivity contribution < 1.29 is 19.1 Å². The number of hydrogen-bond donors (Lipinski definition) is 2. The Morgan fingerprint density at radius 2 is 2.25 bits per heavy atom. The van der Waals surface area contributed by atoms with E-state index < -0.39 is 18.0 Å². The first-order valence-electron chi connectivity index (χ1n) is 6.13. The first-order chi connectivity index (χ1) is 9.49. The zero-order valence-corrected chi connectivity index (χ0v) is 11.7. The summed E-state index contributed by atoms with van der Waals surface area (Å²) in [7, 11) is 0. The summed E-state index contributed by atoms with van der Waals surface area (Å²) in [5.41, 5.74) is 0.878. The molecule has 1 atom stereocenters. The van der Waals surface area contributed by atoms with Crippen LogP contribution in [0, 0.1) is 12.7 Å². The number of nitrogens with one attached hydrogen (secondary N) is 1. The van der Waals surface area contributed by atoms with Crippen molar-refractivity contribution in [1.29, 1.82) is 0 Å². The number of anilines is 1. The van der Waals surface area contributed by atoms with Crippen LogP contribution in [0.2, 0.25) is 0 Å². The maximum atomic E-state index is 13.2. The van der Waals surface area contributed by atoms with Gasteiger partial charge in [-0.2, -0.15) is 11.8 Å². The normalized spacial score (nSPS) is 18.7. The Bertz CT molecular complexity index is 538. The summed E-state index contributed by atoms with van der Waals surface area (Å²) < 4.78 is 13.2. The average Bonchev–Trinajstić information content (AvgIpc) is 2.43. The van der Waals surface area contributed by atoms with Crippen LogP contribution < -0.4 is 5.32 Å². The number of hydrogen-bond acceptors (Lipinski definition) is 3. The smallest absolute Gasteiger partial charge is 0.327 e. The number of amides is 2. The SMILES string of the molecule is Cc1cc(NC(=O)N2CCSCC2C(=O)O)ccc1F. The van der Waals surface area contributed by atoms with Crippen molar-refractivity contribution in [1.82, 2.24) is 4.90 Å². The molecule has 5 nitrogen and oxygen atoms in total. The van der Waals surface area contributed by atoms with E-state index in [0.717, 1.165) is 0 Å². The number of halogens is 1. The van der Waals surface area contributed by atoms with Crippen LogP contribution in [-0.2, 0) is 4.79 Å². The number of carboxylic acid groups (broad SMARTS) is 1. The summed E-state index contributed by atoms with van der Waals surface area (Å²) in [6.45, 7) is 1.98. The maximum absolute atomic E-state index is 13.2. The zero-order chi connectivity index (χ0) is 14.7. The van der Waals surface area contributed by atoms with Gasteiger partial charge in [-0.3, -0.25) is 0 Å². The number of rotatable bonds is 2. The predicted molar refractivity (Wildman–Crippen MR) is 75.6 cm³/mol. The topological polar surface area (TPSA) is 69.6 Å². The molecule has 0 saturated carbocycles. The van der Waals surface area contributed by atoms with Crippen molar-refractivity contribution in [2.45, 2.75) is 13.0 Å². The largest absolute Gasteiger partial charge is 0.480 e. The van der Waals surface area contributed by atoms with E-state index >= 15 is 0 Å². The van der Waals surface area contributed by atoms with Gasteiger partial charge in [-0.05, 0) is 30.7 Å². The Labute approximate surface area is 120 Å². The van der Waals surface area contributed by atoms with E-state index in [1.165, 1.54) is 34.9 Å². The molecule has 0 spiro atoms. The van der Waals surface area contributed by atoms with Crippen LogP contribution in [0.25, 0.3) is 0 Å². The third-order valence-electron chi connectivity index (χ3n) is 3.08. The fourth-order valence-electron chi connectivity index (χ4n) is 1.97. The van der Waals surface area contributed by atoms with Gasteiger partial charge < -0.3 is 15.3 Å². The molecule has 2 amide bonds.